The Morgan fingerprint density at radius 3 is 2.36 bits per heavy atom. The fourth-order valence-electron chi connectivity index (χ4n) is 1.98. The molecule has 1 amide bonds. The summed E-state index contributed by atoms with van der Waals surface area (Å²) in [6.45, 7) is 8.49. The molecule has 82 valence electrons. The summed E-state index contributed by atoms with van der Waals surface area (Å²) < 4.78 is 0. The van der Waals surface area contributed by atoms with Crippen LogP contribution in [0.4, 0.5) is 0 Å². The zero-order valence-electron chi connectivity index (χ0n) is 9.55. The van der Waals surface area contributed by atoms with Crippen LogP contribution in [-0.2, 0) is 4.79 Å². The largest absolute Gasteiger partial charge is 0.368 e. The molecule has 0 aromatic rings. The average Bonchev–Trinajstić information content (AvgIpc) is 2.18. The lowest BCUT2D eigenvalue weighted by Gasteiger charge is -2.40. The minimum absolute atomic E-state index is 0.101. The van der Waals surface area contributed by atoms with E-state index in [1.165, 1.54) is 19.3 Å². The smallest absolute Gasteiger partial charge is 0.234 e. The minimum Gasteiger partial charge on any atom is -0.368 e. The van der Waals surface area contributed by atoms with Gasteiger partial charge in [-0.25, -0.2) is 0 Å². The van der Waals surface area contributed by atoms with E-state index >= 15 is 0 Å². The van der Waals surface area contributed by atoms with E-state index in [-0.39, 0.29) is 11.9 Å². The first kappa shape index (κ1) is 11.5. The summed E-state index contributed by atoms with van der Waals surface area (Å²) in [4.78, 5) is 13.2. The number of carbonyl (C=O) groups is 1. The maximum Gasteiger partial charge on any atom is 0.234 e. The van der Waals surface area contributed by atoms with Gasteiger partial charge in [0, 0.05) is 0 Å². The molecule has 1 heterocycles. The van der Waals surface area contributed by atoms with Gasteiger partial charge >= 0.3 is 0 Å². The van der Waals surface area contributed by atoms with E-state index in [1.54, 1.807) is 0 Å². The normalized spacial score (nSPS) is 24.5. The maximum absolute atomic E-state index is 11.0. The molecule has 14 heavy (non-hydrogen) atoms. The van der Waals surface area contributed by atoms with Crippen molar-refractivity contribution in [3.8, 4) is 0 Å². The Kier molecular flexibility index (Phi) is 3.53. The predicted molar refractivity (Wildman–Crippen MR) is 57.9 cm³/mol. The number of amides is 1. The molecule has 1 unspecified atom stereocenters. The van der Waals surface area contributed by atoms with Crippen molar-refractivity contribution in [2.24, 2.45) is 11.1 Å². The molecule has 1 fully saturated rings. The molecule has 0 aromatic carbocycles. The van der Waals surface area contributed by atoms with E-state index in [2.05, 4.69) is 18.7 Å². The summed E-state index contributed by atoms with van der Waals surface area (Å²) in [5.74, 6) is -0.204. The second-order valence-electron chi connectivity index (χ2n) is 4.78. The van der Waals surface area contributed by atoms with Crippen molar-refractivity contribution in [3.63, 3.8) is 0 Å². The Labute approximate surface area is 86.6 Å². The van der Waals surface area contributed by atoms with Crippen molar-refractivity contribution in [3.05, 3.63) is 0 Å². The molecule has 2 N–H and O–H groups in total. The first-order valence-electron chi connectivity index (χ1n) is 5.52. The van der Waals surface area contributed by atoms with Crippen LogP contribution in [0.5, 0.6) is 0 Å². The molecular weight excluding hydrogens is 176 g/mol. The molecule has 0 spiro atoms. The topological polar surface area (TPSA) is 46.3 Å². The van der Waals surface area contributed by atoms with Gasteiger partial charge in [-0.1, -0.05) is 20.3 Å². The summed E-state index contributed by atoms with van der Waals surface area (Å²) in [5.41, 5.74) is 5.77. The predicted octanol–water partition coefficient (Wildman–Crippen LogP) is 1.37. The van der Waals surface area contributed by atoms with Gasteiger partial charge in [0.15, 0.2) is 0 Å². The number of primary amides is 1. The Morgan fingerprint density at radius 2 is 2.00 bits per heavy atom. The third-order valence-corrected chi connectivity index (χ3v) is 3.82. The van der Waals surface area contributed by atoms with Gasteiger partial charge in [-0.05, 0) is 38.3 Å². The molecule has 1 saturated heterocycles. The van der Waals surface area contributed by atoms with Crippen molar-refractivity contribution in [1.82, 2.24) is 4.90 Å². The highest BCUT2D eigenvalue weighted by atomic mass is 16.1. The molecule has 1 aliphatic rings. The third kappa shape index (κ3) is 2.47. The lowest BCUT2D eigenvalue weighted by molar-refractivity contribution is -0.123. The van der Waals surface area contributed by atoms with Gasteiger partial charge in [-0.15, -0.1) is 0 Å². The molecule has 0 aliphatic carbocycles. The molecule has 3 heteroatoms. The fourth-order valence-corrected chi connectivity index (χ4v) is 1.98. The van der Waals surface area contributed by atoms with Crippen LogP contribution < -0.4 is 5.73 Å². The Hall–Kier alpha value is -0.570. The van der Waals surface area contributed by atoms with Crippen molar-refractivity contribution in [2.45, 2.75) is 46.1 Å². The second-order valence-corrected chi connectivity index (χ2v) is 4.78. The average molecular weight is 198 g/mol. The van der Waals surface area contributed by atoms with Crippen LogP contribution in [0.15, 0.2) is 0 Å². The first-order chi connectivity index (χ1) is 6.48. The van der Waals surface area contributed by atoms with E-state index in [0.29, 0.717) is 5.41 Å². The van der Waals surface area contributed by atoms with E-state index in [4.69, 9.17) is 5.73 Å². The standard InChI is InChI=1S/C11H22N2O/c1-4-11(3)5-7-13(8-6-11)9(2)10(12)14/h9H,4-8H2,1-3H3,(H2,12,14). The van der Waals surface area contributed by atoms with Gasteiger partial charge in [-0.3, -0.25) is 9.69 Å². The van der Waals surface area contributed by atoms with Gasteiger partial charge in [0.1, 0.15) is 0 Å². The summed E-state index contributed by atoms with van der Waals surface area (Å²) in [6.07, 6.45) is 3.59. The highest BCUT2D eigenvalue weighted by Crippen LogP contribution is 2.34. The molecule has 0 radical (unpaired) electrons. The number of nitrogens with two attached hydrogens (primary N) is 1. The van der Waals surface area contributed by atoms with Gasteiger partial charge in [-0.2, -0.15) is 0 Å². The molecule has 1 atom stereocenters. The van der Waals surface area contributed by atoms with Gasteiger partial charge in [0.2, 0.25) is 5.91 Å². The number of carbonyl (C=O) groups excluding carboxylic acids is 1. The Balaban J connectivity index is 2.47. The molecule has 0 bridgehead atoms. The van der Waals surface area contributed by atoms with Gasteiger partial charge < -0.3 is 5.73 Å². The summed E-state index contributed by atoms with van der Waals surface area (Å²) in [5, 5.41) is 0. The van der Waals surface area contributed by atoms with Gasteiger partial charge in [0.05, 0.1) is 6.04 Å². The quantitative estimate of drug-likeness (QED) is 0.744. The van der Waals surface area contributed by atoms with Crippen LogP contribution in [-0.4, -0.2) is 29.9 Å². The second kappa shape index (κ2) is 4.30. The zero-order chi connectivity index (χ0) is 10.8. The van der Waals surface area contributed by atoms with E-state index in [9.17, 15) is 4.79 Å². The van der Waals surface area contributed by atoms with Crippen molar-refractivity contribution >= 4 is 5.91 Å². The monoisotopic (exact) mass is 198 g/mol. The number of nitrogens with zero attached hydrogens (tertiary/aromatic N) is 1. The first-order valence-corrected chi connectivity index (χ1v) is 5.52. The van der Waals surface area contributed by atoms with E-state index in [1.807, 2.05) is 6.92 Å². The molecule has 0 saturated carbocycles. The van der Waals surface area contributed by atoms with Crippen LogP contribution in [0, 0.1) is 5.41 Å². The Morgan fingerprint density at radius 1 is 1.50 bits per heavy atom. The van der Waals surface area contributed by atoms with Crippen LogP contribution in [0.3, 0.4) is 0 Å². The molecule has 1 rings (SSSR count). The van der Waals surface area contributed by atoms with Crippen molar-refractivity contribution < 1.29 is 4.79 Å². The summed E-state index contributed by atoms with van der Waals surface area (Å²) >= 11 is 0. The van der Waals surface area contributed by atoms with Crippen LogP contribution >= 0.6 is 0 Å². The molecular formula is C11H22N2O. The molecule has 3 nitrogen and oxygen atoms in total. The SMILES string of the molecule is CCC1(C)CCN(C(C)C(N)=O)CC1. The van der Waals surface area contributed by atoms with Crippen LogP contribution in [0.1, 0.15) is 40.0 Å². The minimum atomic E-state index is -0.204. The zero-order valence-corrected chi connectivity index (χ0v) is 9.55. The molecule has 1 aliphatic heterocycles. The summed E-state index contributed by atoms with van der Waals surface area (Å²) in [6, 6.07) is -0.101. The lowest BCUT2D eigenvalue weighted by Crippen LogP contribution is -2.48. The third-order valence-electron chi connectivity index (χ3n) is 3.82. The highest BCUT2D eigenvalue weighted by Gasteiger charge is 2.31. The Bertz CT molecular complexity index is 207. The highest BCUT2D eigenvalue weighted by molar-refractivity contribution is 5.79. The lowest BCUT2D eigenvalue weighted by atomic mass is 9.78. The van der Waals surface area contributed by atoms with Crippen molar-refractivity contribution in [1.29, 1.82) is 0 Å². The van der Waals surface area contributed by atoms with Crippen LogP contribution in [0.25, 0.3) is 0 Å². The van der Waals surface area contributed by atoms with E-state index < -0.39 is 0 Å². The van der Waals surface area contributed by atoms with Crippen molar-refractivity contribution in [2.75, 3.05) is 13.1 Å². The fraction of sp³-hybridized carbons (Fsp3) is 0.909. The number of likely N-dealkylation sites (tertiary alicyclic amines) is 1. The molecule has 0 aromatic heterocycles. The number of piperidine rings is 1. The van der Waals surface area contributed by atoms with E-state index in [0.717, 1.165) is 13.1 Å². The number of hydrogen-bond acceptors (Lipinski definition) is 2. The van der Waals surface area contributed by atoms with Crippen LogP contribution in [0.2, 0.25) is 0 Å². The number of rotatable bonds is 3. The maximum atomic E-state index is 11.0. The van der Waals surface area contributed by atoms with Gasteiger partial charge in [0.25, 0.3) is 0 Å². The summed E-state index contributed by atoms with van der Waals surface area (Å²) in [7, 11) is 0. The number of hydrogen-bond donors (Lipinski definition) is 1.